The Bertz CT molecular complexity index is 985. The van der Waals surface area contributed by atoms with E-state index in [2.05, 4.69) is 5.32 Å². The summed E-state index contributed by atoms with van der Waals surface area (Å²) in [6, 6.07) is 10.7. The molecule has 0 spiro atoms. The molecule has 0 aromatic heterocycles. The van der Waals surface area contributed by atoms with Crippen LogP contribution in [0.5, 0.6) is 5.75 Å². The molecule has 1 saturated heterocycles. The van der Waals surface area contributed by atoms with Gasteiger partial charge in [0, 0.05) is 19.0 Å². The zero-order valence-electron chi connectivity index (χ0n) is 17.2. The van der Waals surface area contributed by atoms with Crippen LogP contribution in [0.25, 0.3) is 0 Å². The van der Waals surface area contributed by atoms with E-state index in [0.717, 1.165) is 29.0 Å². The molecule has 3 rings (SSSR count). The van der Waals surface area contributed by atoms with Crippen molar-refractivity contribution in [2.75, 3.05) is 26.2 Å². The lowest BCUT2D eigenvalue weighted by atomic mass is 9.97. The van der Waals surface area contributed by atoms with Gasteiger partial charge in [-0.2, -0.15) is 4.31 Å². The van der Waals surface area contributed by atoms with E-state index < -0.39 is 15.8 Å². The Balaban J connectivity index is 1.45. The lowest BCUT2D eigenvalue weighted by molar-refractivity contribution is -0.126. The Hall–Kier alpha value is -2.45. The summed E-state index contributed by atoms with van der Waals surface area (Å²) >= 11 is 0. The quantitative estimate of drug-likeness (QED) is 0.680. The number of amides is 1. The van der Waals surface area contributed by atoms with Gasteiger partial charge in [0.05, 0.1) is 11.4 Å². The minimum atomic E-state index is -3.67. The van der Waals surface area contributed by atoms with Gasteiger partial charge < -0.3 is 10.1 Å². The van der Waals surface area contributed by atoms with E-state index in [4.69, 9.17) is 4.74 Å². The zero-order chi connectivity index (χ0) is 21.7. The van der Waals surface area contributed by atoms with Crippen LogP contribution in [0, 0.1) is 25.6 Å². The van der Waals surface area contributed by atoms with Gasteiger partial charge >= 0.3 is 0 Å². The first-order valence-electron chi connectivity index (χ1n) is 10.0. The Morgan fingerprint density at radius 2 is 1.80 bits per heavy atom. The highest BCUT2D eigenvalue weighted by Crippen LogP contribution is 2.24. The van der Waals surface area contributed by atoms with Crippen molar-refractivity contribution in [3.8, 4) is 5.75 Å². The molecule has 0 bridgehead atoms. The first-order chi connectivity index (χ1) is 14.3. The molecule has 2 aromatic carbocycles. The molecular formula is C22H27FN2O4S. The molecule has 0 radical (unpaired) electrons. The van der Waals surface area contributed by atoms with Gasteiger partial charge in [0.2, 0.25) is 15.9 Å². The van der Waals surface area contributed by atoms with Crippen LogP contribution in [0.1, 0.15) is 24.0 Å². The van der Waals surface area contributed by atoms with E-state index in [1.807, 2.05) is 32.0 Å². The summed E-state index contributed by atoms with van der Waals surface area (Å²) in [6.07, 6.45) is 0.897. The first kappa shape index (κ1) is 22.2. The summed E-state index contributed by atoms with van der Waals surface area (Å²) in [6.45, 7) is 5.30. The average molecular weight is 435 g/mol. The molecule has 162 valence electrons. The summed E-state index contributed by atoms with van der Waals surface area (Å²) in [4.78, 5) is 12.5. The van der Waals surface area contributed by atoms with Crippen molar-refractivity contribution >= 4 is 15.9 Å². The van der Waals surface area contributed by atoms with E-state index in [1.54, 1.807) is 0 Å². The predicted octanol–water partition coefficient (Wildman–Crippen LogP) is 3.04. The molecule has 2 aromatic rings. The highest BCUT2D eigenvalue weighted by Gasteiger charge is 2.32. The number of halogens is 1. The second-order valence-corrected chi connectivity index (χ2v) is 9.41. The maximum absolute atomic E-state index is 13.1. The molecule has 8 heteroatoms. The third kappa shape index (κ3) is 5.17. The second-order valence-electron chi connectivity index (χ2n) is 7.47. The molecule has 1 aliphatic rings. The fourth-order valence-electron chi connectivity index (χ4n) is 3.47. The molecule has 30 heavy (non-hydrogen) atoms. The predicted molar refractivity (Wildman–Crippen MR) is 112 cm³/mol. The average Bonchev–Trinajstić information content (AvgIpc) is 2.74. The smallest absolute Gasteiger partial charge is 0.243 e. The number of nitrogens with zero attached hydrogens (tertiary/aromatic N) is 1. The summed E-state index contributed by atoms with van der Waals surface area (Å²) in [7, 11) is -3.67. The lowest BCUT2D eigenvalue weighted by Crippen LogP contribution is -2.43. The highest BCUT2D eigenvalue weighted by atomic mass is 32.2. The fraction of sp³-hybridized carbons (Fsp3) is 0.409. The lowest BCUT2D eigenvalue weighted by Gasteiger charge is -2.30. The molecule has 0 atom stereocenters. The number of benzene rings is 2. The Kier molecular flexibility index (Phi) is 7.10. The van der Waals surface area contributed by atoms with Crippen molar-refractivity contribution in [1.82, 2.24) is 9.62 Å². The van der Waals surface area contributed by atoms with Crippen molar-refractivity contribution < 1.29 is 22.3 Å². The molecule has 6 nitrogen and oxygen atoms in total. The Labute approximate surface area is 177 Å². The van der Waals surface area contributed by atoms with Gasteiger partial charge in [-0.05, 0) is 68.1 Å². The molecule has 0 aliphatic carbocycles. The van der Waals surface area contributed by atoms with E-state index in [0.29, 0.717) is 26.0 Å². The maximum Gasteiger partial charge on any atom is 0.243 e. The van der Waals surface area contributed by atoms with Crippen LogP contribution in [0.3, 0.4) is 0 Å². The van der Waals surface area contributed by atoms with Crippen LogP contribution in [-0.2, 0) is 14.8 Å². The number of carbonyl (C=O) groups excluding carboxylic acids is 1. The van der Waals surface area contributed by atoms with Crippen LogP contribution in [-0.4, -0.2) is 44.9 Å². The van der Waals surface area contributed by atoms with Crippen LogP contribution >= 0.6 is 0 Å². The number of aryl methyl sites for hydroxylation is 1. The monoisotopic (exact) mass is 434 g/mol. The third-order valence-electron chi connectivity index (χ3n) is 5.49. The number of carbonyl (C=O) groups is 1. The summed E-state index contributed by atoms with van der Waals surface area (Å²) < 4.78 is 45.5. The number of rotatable bonds is 7. The van der Waals surface area contributed by atoms with E-state index >= 15 is 0 Å². The largest absolute Gasteiger partial charge is 0.491 e. The standard InChI is InChI=1S/C22H27FN2O4S/c1-16-4-3-5-21(17(16)2)29-15-12-24-22(26)18-10-13-25(14-11-18)30(27,28)20-8-6-19(23)7-9-20/h3-9,18H,10-15H2,1-2H3,(H,24,26). The molecule has 1 aliphatic heterocycles. The van der Waals surface area contributed by atoms with E-state index in [9.17, 15) is 17.6 Å². The summed E-state index contributed by atoms with van der Waals surface area (Å²) in [5, 5.41) is 2.87. The molecular weight excluding hydrogens is 407 g/mol. The molecule has 0 saturated carbocycles. The third-order valence-corrected chi connectivity index (χ3v) is 7.40. The Morgan fingerprint density at radius 1 is 1.13 bits per heavy atom. The highest BCUT2D eigenvalue weighted by molar-refractivity contribution is 7.89. The van der Waals surface area contributed by atoms with Crippen molar-refractivity contribution in [3.05, 3.63) is 59.4 Å². The molecule has 0 unspecified atom stereocenters. The maximum atomic E-state index is 13.1. The Morgan fingerprint density at radius 3 is 2.47 bits per heavy atom. The minimum absolute atomic E-state index is 0.0652. The topological polar surface area (TPSA) is 75.7 Å². The van der Waals surface area contributed by atoms with Gasteiger partial charge in [0.25, 0.3) is 0 Å². The van der Waals surface area contributed by atoms with Crippen LogP contribution < -0.4 is 10.1 Å². The van der Waals surface area contributed by atoms with Gasteiger partial charge in [0.15, 0.2) is 0 Å². The number of sulfonamides is 1. The number of hydrogen-bond acceptors (Lipinski definition) is 4. The van der Waals surface area contributed by atoms with E-state index in [1.165, 1.54) is 16.4 Å². The van der Waals surface area contributed by atoms with E-state index in [-0.39, 0.29) is 29.8 Å². The van der Waals surface area contributed by atoms with Crippen molar-refractivity contribution in [1.29, 1.82) is 0 Å². The van der Waals surface area contributed by atoms with Crippen LogP contribution in [0.15, 0.2) is 47.4 Å². The second kappa shape index (κ2) is 9.57. The molecule has 1 fully saturated rings. The van der Waals surface area contributed by atoms with Crippen molar-refractivity contribution in [2.45, 2.75) is 31.6 Å². The SMILES string of the molecule is Cc1cccc(OCCNC(=O)C2CCN(S(=O)(=O)c3ccc(F)cc3)CC2)c1C. The summed E-state index contributed by atoms with van der Waals surface area (Å²) in [5.74, 6) is 0.0122. The molecule has 1 N–H and O–H groups in total. The summed E-state index contributed by atoms with van der Waals surface area (Å²) in [5.41, 5.74) is 2.23. The van der Waals surface area contributed by atoms with Gasteiger partial charge in [-0.3, -0.25) is 4.79 Å². The van der Waals surface area contributed by atoms with Crippen LogP contribution in [0.4, 0.5) is 4.39 Å². The number of nitrogens with one attached hydrogen (secondary N) is 1. The fourth-order valence-corrected chi connectivity index (χ4v) is 4.94. The minimum Gasteiger partial charge on any atom is -0.491 e. The van der Waals surface area contributed by atoms with Crippen molar-refractivity contribution in [2.24, 2.45) is 5.92 Å². The van der Waals surface area contributed by atoms with Gasteiger partial charge in [0.1, 0.15) is 18.2 Å². The zero-order valence-corrected chi connectivity index (χ0v) is 18.0. The number of ether oxygens (including phenoxy) is 1. The molecule has 1 amide bonds. The number of piperidine rings is 1. The molecule has 1 heterocycles. The van der Waals surface area contributed by atoms with Gasteiger partial charge in [-0.25, -0.2) is 12.8 Å². The van der Waals surface area contributed by atoms with Gasteiger partial charge in [-0.1, -0.05) is 12.1 Å². The number of hydrogen-bond donors (Lipinski definition) is 1. The normalized spacial score (nSPS) is 15.7. The van der Waals surface area contributed by atoms with Crippen molar-refractivity contribution in [3.63, 3.8) is 0 Å². The van der Waals surface area contributed by atoms with Crippen LogP contribution in [0.2, 0.25) is 0 Å². The van der Waals surface area contributed by atoms with Gasteiger partial charge in [-0.15, -0.1) is 0 Å². The first-order valence-corrected chi connectivity index (χ1v) is 11.5.